The van der Waals surface area contributed by atoms with Crippen molar-refractivity contribution in [3.8, 4) is 0 Å². The van der Waals surface area contributed by atoms with Crippen LogP contribution in [-0.4, -0.2) is 27.4 Å². The van der Waals surface area contributed by atoms with Gasteiger partial charge in [0.25, 0.3) is 15.9 Å². The average molecular weight is 340 g/mol. The Morgan fingerprint density at radius 3 is 2.61 bits per heavy atom. The lowest BCUT2D eigenvalue weighted by Gasteiger charge is -2.21. The van der Waals surface area contributed by atoms with Crippen LogP contribution in [0.15, 0.2) is 15.6 Å². The predicted molar refractivity (Wildman–Crippen MR) is 85.6 cm³/mol. The van der Waals surface area contributed by atoms with E-state index in [1.807, 2.05) is 0 Å². The Morgan fingerprint density at radius 1 is 1.26 bits per heavy atom. The molecule has 1 aromatic heterocycles. The largest absolute Gasteiger partial charge is 0.448 e. The molecule has 1 aromatic rings. The first kappa shape index (κ1) is 16.5. The van der Waals surface area contributed by atoms with Crippen LogP contribution in [0.5, 0.6) is 0 Å². The Morgan fingerprint density at radius 2 is 1.96 bits per heavy atom. The molecule has 7 heteroatoms. The summed E-state index contributed by atoms with van der Waals surface area (Å²) in [5.41, 5.74) is 0.299. The van der Waals surface area contributed by atoms with E-state index in [9.17, 15) is 13.2 Å². The van der Waals surface area contributed by atoms with E-state index in [0.717, 1.165) is 12.3 Å². The maximum Gasteiger partial charge on any atom is 0.273 e. The van der Waals surface area contributed by atoms with Crippen molar-refractivity contribution < 1.29 is 17.6 Å². The van der Waals surface area contributed by atoms with Crippen molar-refractivity contribution >= 4 is 15.9 Å². The fraction of sp³-hybridized carbons (Fsp3) is 0.688. The van der Waals surface area contributed by atoms with Gasteiger partial charge in [-0.15, -0.1) is 0 Å². The van der Waals surface area contributed by atoms with Crippen molar-refractivity contribution in [3.63, 3.8) is 0 Å². The molecule has 3 rings (SSSR count). The molecule has 0 spiro atoms. The van der Waals surface area contributed by atoms with Gasteiger partial charge >= 0.3 is 0 Å². The normalized spacial score (nSPS) is 25.3. The summed E-state index contributed by atoms with van der Waals surface area (Å²) >= 11 is 0. The van der Waals surface area contributed by atoms with Crippen LogP contribution in [-0.2, 0) is 10.0 Å². The number of carbonyl (C=O) groups excluding carboxylic acids is 1. The number of carbonyl (C=O) groups is 1. The number of amides is 1. The van der Waals surface area contributed by atoms with Crippen LogP contribution in [0, 0.1) is 18.8 Å². The van der Waals surface area contributed by atoms with Gasteiger partial charge in [0.05, 0.1) is 5.56 Å². The van der Waals surface area contributed by atoms with Gasteiger partial charge in [-0.25, -0.2) is 13.1 Å². The van der Waals surface area contributed by atoms with Crippen LogP contribution in [0.4, 0.5) is 0 Å². The van der Waals surface area contributed by atoms with Crippen molar-refractivity contribution in [2.45, 2.75) is 56.6 Å². The first-order valence-electron chi connectivity index (χ1n) is 8.27. The van der Waals surface area contributed by atoms with E-state index >= 15 is 0 Å². The second-order valence-electron chi connectivity index (χ2n) is 6.62. The SMILES string of the molecule is CNS(=O)(=O)c1cc(C(=O)N[C@H]2C[C@@H]2C2CCCCC2)c(C)o1. The van der Waals surface area contributed by atoms with Crippen molar-refractivity contribution in [1.29, 1.82) is 0 Å². The molecular weight excluding hydrogens is 316 g/mol. The lowest BCUT2D eigenvalue weighted by atomic mass is 9.85. The van der Waals surface area contributed by atoms with E-state index < -0.39 is 10.0 Å². The Hall–Kier alpha value is -1.34. The minimum Gasteiger partial charge on any atom is -0.448 e. The minimum atomic E-state index is -3.67. The number of furan rings is 1. The number of hydrogen-bond acceptors (Lipinski definition) is 4. The van der Waals surface area contributed by atoms with E-state index in [2.05, 4.69) is 10.0 Å². The van der Waals surface area contributed by atoms with Crippen molar-refractivity contribution in [2.24, 2.45) is 11.8 Å². The van der Waals surface area contributed by atoms with Crippen molar-refractivity contribution in [3.05, 3.63) is 17.4 Å². The van der Waals surface area contributed by atoms with Crippen LogP contribution in [0.1, 0.15) is 54.6 Å². The van der Waals surface area contributed by atoms with Gasteiger partial charge in [-0.2, -0.15) is 0 Å². The van der Waals surface area contributed by atoms with Gasteiger partial charge in [0, 0.05) is 12.1 Å². The summed E-state index contributed by atoms with van der Waals surface area (Å²) in [6.45, 7) is 1.61. The highest BCUT2D eigenvalue weighted by Gasteiger charge is 2.44. The van der Waals surface area contributed by atoms with Crippen LogP contribution in [0.25, 0.3) is 0 Å². The summed E-state index contributed by atoms with van der Waals surface area (Å²) in [6, 6.07) is 1.53. The van der Waals surface area contributed by atoms with E-state index in [4.69, 9.17) is 4.42 Å². The molecule has 1 amide bonds. The van der Waals surface area contributed by atoms with Gasteiger partial charge in [0.2, 0.25) is 5.09 Å². The monoisotopic (exact) mass is 340 g/mol. The van der Waals surface area contributed by atoms with E-state index in [1.54, 1.807) is 6.92 Å². The average Bonchev–Trinajstić information content (AvgIpc) is 3.19. The van der Waals surface area contributed by atoms with E-state index in [0.29, 0.717) is 17.2 Å². The number of rotatable bonds is 5. The summed E-state index contributed by atoms with van der Waals surface area (Å²) in [5.74, 6) is 1.41. The fourth-order valence-electron chi connectivity index (χ4n) is 3.62. The molecule has 2 atom stereocenters. The molecule has 0 unspecified atom stereocenters. The van der Waals surface area contributed by atoms with Crippen LogP contribution in [0.3, 0.4) is 0 Å². The molecule has 0 aliphatic heterocycles. The van der Waals surface area contributed by atoms with Gasteiger partial charge in [-0.3, -0.25) is 4.79 Å². The molecule has 0 aromatic carbocycles. The summed E-state index contributed by atoms with van der Waals surface area (Å²) < 4.78 is 30.9. The van der Waals surface area contributed by atoms with Gasteiger partial charge < -0.3 is 9.73 Å². The smallest absolute Gasteiger partial charge is 0.273 e. The molecular formula is C16H24N2O4S. The topological polar surface area (TPSA) is 88.4 Å². The quantitative estimate of drug-likeness (QED) is 0.860. The second-order valence-corrected chi connectivity index (χ2v) is 8.44. The molecule has 23 heavy (non-hydrogen) atoms. The lowest BCUT2D eigenvalue weighted by molar-refractivity contribution is 0.0945. The molecule has 6 nitrogen and oxygen atoms in total. The highest BCUT2D eigenvalue weighted by molar-refractivity contribution is 7.89. The molecule has 2 N–H and O–H groups in total. The fourth-order valence-corrected chi connectivity index (χ4v) is 4.33. The standard InChI is InChI=1S/C16H24N2O4S/c1-10-12(9-15(22-10)23(20,21)17-2)16(19)18-14-8-13(14)11-6-4-3-5-7-11/h9,11,13-14,17H,3-8H2,1-2H3,(H,18,19)/t13-,14+/m1/s1. The van der Waals surface area contributed by atoms with E-state index in [1.165, 1.54) is 45.2 Å². The highest BCUT2D eigenvalue weighted by atomic mass is 32.2. The molecule has 1 heterocycles. The molecule has 128 valence electrons. The van der Waals surface area contributed by atoms with Crippen molar-refractivity contribution in [1.82, 2.24) is 10.0 Å². The highest BCUT2D eigenvalue weighted by Crippen LogP contribution is 2.44. The predicted octanol–water partition coefficient (Wildman–Crippen LogP) is 2.19. The molecule has 0 bridgehead atoms. The summed E-state index contributed by atoms with van der Waals surface area (Å²) in [5, 5.41) is 2.81. The second kappa shape index (κ2) is 6.28. The first-order chi connectivity index (χ1) is 10.9. The number of sulfonamides is 1. The first-order valence-corrected chi connectivity index (χ1v) is 9.75. The number of hydrogen-bond donors (Lipinski definition) is 2. The van der Waals surface area contributed by atoms with E-state index in [-0.39, 0.29) is 17.0 Å². The zero-order valence-electron chi connectivity index (χ0n) is 13.6. The summed E-state index contributed by atoms with van der Waals surface area (Å²) in [4.78, 5) is 12.4. The zero-order valence-corrected chi connectivity index (χ0v) is 14.4. The Kier molecular flexibility index (Phi) is 4.51. The van der Waals surface area contributed by atoms with Gasteiger partial charge in [0.15, 0.2) is 0 Å². The molecule has 2 aliphatic carbocycles. The maximum atomic E-state index is 12.4. The van der Waals surface area contributed by atoms with Gasteiger partial charge in [-0.05, 0) is 32.2 Å². The third-order valence-corrected chi connectivity index (χ3v) is 6.35. The molecule has 0 saturated heterocycles. The van der Waals surface area contributed by atoms with Crippen LogP contribution < -0.4 is 10.0 Å². The van der Waals surface area contributed by atoms with Gasteiger partial charge in [0.1, 0.15) is 5.76 Å². The third-order valence-electron chi connectivity index (χ3n) is 5.08. The zero-order chi connectivity index (χ0) is 16.6. The summed E-state index contributed by atoms with van der Waals surface area (Å²) in [7, 11) is -2.36. The molecule has 2 fully saturated rings. The lowest BCUT2D eigenvalue weighted by Crippen LogP contribution is -2.28. The third kappa shape index (κ3) is 3.45. The molecule has 2 saturated carbocycles. The number of nitrogens with one attached hydrogen (secondary N) is 2. The Bertz CT molecular complexity index is 689. The van der Waals surface area contributed by atoms with Crippen molar-refractivity contribution in [2.75, 3.05) is 7.05 Å². The van der Waals surface area contributed by atoms with Gasteiger partial charge in [-0.1, -0.05) is 32.1 Å². The maximum absolute atomic E-state index is 12.4. The summed E-state index contributed by atoms with van der Waals surface area (Å²) in [6.07, 6.45) is 7.51. The minimum absolute atomic E-state index is 0.220. The molecule has 2 aliphatic rings. The molecule has 0 radical (unpaired) electrons. The Labute approximate surface area is 137 Å². The van der Waals surface area contributed by atoms with Crippen LogP contribution >= 0.6 is 0 Å². The Balaban J connectivity index is 1.63. The number of aryl methyl sites for hydroxylation is 1. The van der Waals surface area contributed by atoms with Crippen LogP contribution in [0.2, 0.25) is 0 Å².